The molecule has 0 bridgehead atoms. The molecule has 0 fully saturated rings. The number of hydrogen-bond acceptors (Lipinski definition) is 6. The average molecular weight is 417 g/mol. The summed E-state index contributed by atoms with van der Waals surface area (Å²) in [5.74, 6) is 2.01. The van der Waals surface area contributed by atoms with E-state index >= 15 is 0 Å². The number of halogens is 1. The molecule has 2 aromatic carbocycles. The number of carbonyl (C=O) groups is 1. The molecule has 8 heteroatoms. The van der Waals surface area contributed by atoms with E-state index in [2.05, 4.69) is 10.3 Å². The smallest absolute Gasteiger partial charge is 0.234 e. The van der Waals surface area contributed by atoms with E-state index in [0.29, 0.717) is 22.2 Å². The first-order valence-electron chi connectivity index (χ1n) is 8.50. The molecule has 1 aromatic heterocycles. The summed E-state index contributed by atoms with van der Waals surface area (Å²) in [5, 5.41) is 5.12. The number of nitrogens with one attached hydrogen (secondary N) is 1. The first-order valence-corrected chi connectivity index (χ1v) is 9.87. The molecular weight excluding hydrogens is 400 g/mol. The van der Waals surface area contributed by atoms with Gasteiger partial charge >= 0.3 is 0 Å². The van der Waals surface area contributed by atoms with Crippen LogP contribution in [-0.2, 0) is 4.79 Å². The van der Waals surface area contributed by atoms with Crippen LogP contribution in [-0.4, -0.2) is 30.5 Å². The summed E-state index contributed by atoms with van der Waals surface area (Å²) in [6.07, 6.45) is 0. The molecule has 0 atom stereocenters. The van der Waals surface area contributed by atoms with Crippen molar-refractivity contribution in [3.05, 3.63) is 47.0 Å². The van der Waals surface area contributed by atoms with Gasteiger partial charge in [-0.05, 0) is 42.8 Å². The predicted molar refractivity (Wildman–Crippen MR) is 110 cm³/mol. The maximum atomic E-state index is 12.4. The number of ether oxygens (including phenoxy) is 3. The zero-order valence-corrected chi connectivity index (χ0v) is 16.8. The molecule has 1 aliphatic rings. The molecule has 0 spiro atoms. The number of hydrogen-bond donors (Lipinski definition) is 1. The second-order valence-corrected chi connectivity index (χ2v) is 7.59. The van der Waals surface area contributed by atoms with Gasteiger partial charge in [-0.1, -0.05) is 23.4 Å². The van der Waals surface area contributed by atoms with Crippen molar-refractivity contribution >= 4 is 45.9 Å². The number of anilines is 1. The normalized spacial score (nSPS) is 12.2. The standard InChI is InChI=1S/C20H17ClN2O4S/c1-11-5-12-6-17-18(27-10-26-17)8-14(12)23-20(11)28-9-19(24)22-15-7-13(21)3-4-16(15)25-2/h3-8H,9-10H2,1-2H3,(H,22,24). The Balaban J connectivity index is 1.49. The predicted octanol–water partition coefficient (Wildman–Crippen LogP) is 4.66. The zero-order valence-electron chi connectivity index (χ0n) is 15.2. The van der Waals surface area contributed by atoms with Crippen LogP contribution in [0.1, 0.15) is 5.56 Å². The summed E-state index contributed by atoms with van der Waals surface area (Å²) in [5.41, 5.74) is 2.33. The molecule has 0 saturated carbocycles. The Bertz CT molecular complexity index is 1070. The van der Waals surface area contributed by atoms with Crippen LogP contribution in [0.3, 0.4) is 0 Å². The van der Waals surface area contributed by atoms with Gasteiger partial charge in [0, 0.05) is 16.5 Å². The molecule has 144 valence electrons. The minimum Gasteiger partial charge on any atom is -0.495 e. The number of pyridine rings is 1. The Kier molecular flexibility index (Phi) is 5.19. The van der Waals surface area contributed by atoms with Gasteiger partial charge in [-0.3, -0.25) is 4.79 Å². The molecular formula is C20H17ClN2O4S. The van der Waals surface area contributed by atoms with Gasteiger partial charge in [0.25, 0.3) is 0 Å². The van der Waals surface area contributed by atoms with Crippen molar-refractivity contribution in [3.8, 4) is 17.2 Å². The van der Waals surface area contributed by atoms with Gasteiger partial charge in [0.15, 0.2) is 11.5 Å². The zero-order chi connectivity index (χ0) is 19.7. The van der Waals surface area contributed by atoms with Crippen molar-refractivity contribution in [2.24, 2.45) is 0 Å². The number of aromatic nitrogens is 1. The van der Waals surface area contributed by atoms with Gasteiger partial charge in [0.2, 0.25) is 12.7 Å². The van der Waals surface area contributed by atoms with Crippen LogP contribution in [0.25, 0.3) is 10.9 Å². The number of amides is 1. The number of rotatable bonds is 5. The second kappa shape index (κ2) is 7.77. The lowest BCUT2D eigenvalue weighted by molar-refractivity contribution is -0.113. The summed E-state index contributed by atoms with van der Waals surface area (Å²) in [6, 6.07) is 10.9. The third kappa shape index (κ3) is 3.81. The Morgan fingerprint density at radius 3 is 2.82 bits per heavy atom. The highest BCUT2D eigenvalue weighted by atomic mass is 35.5. The van der Waals surface area contributed by atoms with E-state index in [-0.39, 0.29) is 18.5 Å². The molecule has 0 saturated heterocycles. The number of aryl methyl sites for hydroxylation is 1. The van der Waals surface area contributed by atoms with Crippen molar-refractivity contribution in [1.82, 2.24) is 4.98 Å². The fourth-order valence-corrected chi connectivity index (χ4v) is 3.86. The fraction of sp³-hybridized carbons (Fsp3) is 0.200. The Labute approximate surface area is 171 Å². The highest BCUT2D eigenvalue weighted by Crippen LogP contribution is 2.37. The summed E-state index contributed by atoms with van der Waals surface area (Å²) >= 11 is 7.38. The molecule has 0 unspecified atom stereocenters. The van der Waals surface area contributed by atoms with Gasteiger partial charge in [-0.15, -0.1) is 0 Å². The second-order valence-electron chi connectivity index (χ2n) is 6.19. The van der Waals surface area contributed by atoms with Crippen LogP contribution in [0.4, 0.5) is 5.69 Å². The lowest BCUT2D eigenvalue weighted by atomic mass is 10.1. The van der Waals surface area contributed by atoms with E-state index in [0.717, 1.165) is 27.2 Å². The highest BCUT2D eigenvalue weighted by molar-refractivity contribution is 8.00. The molecule has 1 N–H and O–H groups in total. The van der Waals surface area contributed by atoms with Gasteiger partial charge in [0.05, 0.1) is 24.1 Å². The van der Waals surface area contributed by atoms with Crippen molar-refractivity contribution in [2.75, 3.05) is 25.0 Å². The van der Waals surface area contributed by atoms with E-state index in [1.165, 1.54) is 11.8 Å². The van der Waals surface area contributed by atoms with E-state index in [1.54, 1.807) is 25.3 Å². The maximum absolute atomic E-state index is 12.4. The third-order valence-electron chi connectivity index (χ3n) is 4.23. The Morgan fingerprint density at radius 2 is 2.04 bits per heavy atom. The van der Waals surface area contributed by atoms with Gasteiger partial charge in [0.1, 0.15) is 10.8 Å². The first-order chi connectivity index (χ1) is 13.5. The Morgan fingerprint density at radius 1 is 1.25 bits per heavy atom. The molecule has 0 aliphatic carbocycles. The van der Waals surface area contributed by atoms with Crippen LogP contribution in [0.2, 0.25) is 5.02 Å². The van der Waals surface area contributed by atoms with Crippen LogP contribution in [0.5, 0.6) is 17.2 Å². The van der Waals surface area contributed by atoms with Crippen molar-refractivity contribution < 1.29 is 19.0 Å². The summed E-state index contributed by atoms with van der Waals surface area (Å²) in [7, 11) is 1.54. The largest absolute Gasteiger partial charge is 0.495 e. The minimum absolute atomic E-state index is 0.169. The molecule has 28 heavy (non-hydrogen) atoms. The van der Waals surface area contributed by atoms with Crippen molar-refractivity contribution in [2.45, 2.75) is 11.9 Å². The van der Waals surface area contributed by atoms with Gasteiger partial charge < -0.3 is 19.5 Å². The quantitative estimate of drug-likeness (QED) is 0.610. The third-order valence-corrected chi connectivity index (χ3v) is 5.56. The van der Waals surface area contributed by atoms with E-state index < -0.39 is 0 Å². The van der Waals surface area contributed by atoms with Crippen LogP contribution < -0.4 is 19.5 Å². The number of carbonyl (C=O) groups excluding carboxylic acids is 1. The average Bonchev–Trinajstić information content (AvgIpc) is 3.12. The lowest BCUT2D eigenvalue weighted by Gasteiger charge is -2.11. The molecule has 1 aliphatic heterocycles. The number of methoxy groups -OCH3 is 1. The first kappa shape index (κ1) is 18.7. The number of thioether (sulfide) groups is 1. The van der Waals surface area contributed by atoms with Crippen molar-refractivity contribution in [1.29, 1.82) is 0 Å². The molecule has 2 heterocycles. The summed E-state index contributed by atoms with van der Waals surface area (Å²) in [6.45, 7) is 2.19. The summed E-state index contributed by atoms with van der Waals surface area (Å²) < 4.78 is 16.1. The van der Waals surface area contributed by atoms with Crippen LogP contribution >= 0.6 is 23.4 Å². The maximum Gasteiger partial charge on any atom is 0.234 e. The Hall–Kier alpha value is -2.64. The fourth-order valence-electron chi connectivity index (χ4n) is 2.90. The highest BCUT2D eigenvalue weighted by Gasteiger charge is 2.16. The van der Waals surface area contributed by atoms with Crippen LogP contribution in [0, 0.1) is 6.92 Å². The number of benzene rings is 2. The van der Waals surface area contributed by atoms with E-state index in [4.69, 9.17) is 25.8 Å². The molecule has 6 nitrogen and oxygen atoms in total. The molecule has 4 rings (SSSR count). The van der Waals surface area contributed by atoms with E-state index in [9.17, 15) is 4.79 Å². The van der Waals surface area contributed by atoms with Crippen LogP contribution in [0.15, 0.2) is 41.4 Å². The SMILES string of the molecule is COc1ccc(Cl)cc1NC(=O)CSc1nc2cc3c(cc2cc1C)OCO3. The molecule has 0 radical (unpaired) electrons. The van der Waals surface area contributed by atoms with Gasteiger partial charge in [-0.2, -0.15) is 0 Å². The molecule has 3 aromatic rings. The number of fused-ring (bicyclic) bond motifs is 2. The summed E-state index contributed by atoms with van der Waals surface area (Å²) in [4.78, 5) is 17.1. The van der Waals surface area contributed by atoms with Crippen molar-refractivity contribution in [3.63, 3.8) is 0 Å². The van der Waals surface area contributed by atoms with Gasteiger partial charge in [-0.25, -0.2) is 4.98 Å². The lowest BCUT2D eigenvalue weighted by Crippen LogP contribution is -2.15. The topological polar surface area (TPSA) is 69.7 Å². The monoisotopic (exact) mass is 416 g/mol. The molecule has 1 amide bonds. The number of nitrogens with zero attached hydrogens (tertiary/aromatic N) is 1. The van der Waals surface area contributed by atoms with E-state index in [1.807, 2.05) is 25.1 Å². The minimum atomic E-state index is -0.169.